The molecule has 7 nitrogen and oxygen atoms in total. The van der Waals surface area contributed by atoms with Gasteiger partial charge in [0.2, 0.25) is 0 Å². The van der Waals surface area contributed by atoms with Gasteiger partial charge in [-0.05, 0) is 53.9 Å². The van der Waals surface area contributed by atoms with Crippen LogP contribution >= 0.6 is 0 Å². The number of hydrogen-bond donors (Lipinski definition) is 0. The van der Waals surface area contributed by atoms with Crippen molar-refractivity contribution in [1.29, 1.82) is 0 Å². The van der Waals surface area contributed by atoms with Crippen molar-refractivity contribution in [2.45, 2.75) is 97.9 Å². The zero-order valence-corrected chi connectivity index (χ0v) is 19.8. The molecule has 30 heavy (non-hydrogen) atoms. The molecule has 0 rings (SSSR count). The van der Waals surface area contributed by atoms with Gasteiger partial charge in [0.05, 0.1) is 24.7 Å². The highest BCUT2D eigenvalue weighted by Crippen LogP contribution is 2.25. The standard InChI is InChI=1S/C23H40O7/c1-9-22(7,30-18(5)6)13-14-29-23(8,10-2)19(24)11-12-20(25)27-15-16-28-21(26)17(3)4/h18H,3,9-16H2,1-2,4-8H3. The SMILES string of the molecule is C=C(C)C(=O)OCCOC(=O)CCC(=O)C(C)(CC)OCCC(C)(CC)OC(C)C. The number of hydrogen-bond acceptors (Lipinski definition) is 7. The summed E-state index contributed by atoms with van der Waals surface area (Å²) >= 11 is 0. The van der Waals surface area contributed by atoms with Crippen molar-refractivity contribution < 1.29 is 33.3 Å². The highest BCUT2D eigenvalue weighted by molar-refractivity contribution is 5.89. The highest BCUT2D eigenvalue weighted by atomic mass is 16.6. The Morgan fingerprint density at radius 1 is 0.933 bits per heavy atom. The first kappa shape index (κ1) is 28.3. The summed E-state index contributed by atoms with van der Waals surface area (Å²) in [6.07, 6.45) is 2.13. The third-order valence-corrected chi connectivity index (χ3v) is 5.07. The minimum absolute atomic E-state index is 0.0300. The van der Waals surface area contributed by atoms with Crippen molar-refractivity contribution in [3.63, 3.8) is 0 Å². The maximum absolute atomic E-state index is 12.7. The lowest BCUT2D eigenvalue weighted by Crippen LogP contribution is -2.40. The molecule has 2 unspecified atom stereocenters. The van der Waals surface area contributed by atoms with E-state index in [1.165, 1.54) is 6.92 Å². The van der Waals surface area contributed by atoms with Crippen LogP contribution in [0.2, 0.25) is 0 Å². The molecule has 7 heteroatoms. The maximum atomic E-state index is 12.7. The van der Waals surface area contributed by atoms with Crippen molar-refractivity contribution in [2.75, 3.05) is 19.8 Å². The molecule has 0 N–H and O–H groups in total. The Kier molecular flexibility index (Phi) is 12.8. The second kappa shape index (κ2) is 13.5. The first-order valence-corrected chi connectivity index (χ1v) is 10.7. The molecule has 2 atom stereocenters. The summed E-state index contributed by atoms with van der Waals surface area (Å²) in [5.41, 5.74) is -0.978. The van der Waals surface area contributed by atoms with E-state index in [1.54, 1.807) is 6.92 Å². The Bertz CT molecular complexity index is 584. The van der Waals surface area contributed by atoms with Gasteiger partial charge in [-0.1, -0.05) is 20.4 Å². The van der Waals surface area contributed by atoms with Crippen LogP contribution in [-0.2, 0) is 33.3 Å². The lowest BCUT2D eigenvalue weighted by molar-refractivity contribution is -0.154. The van der Waals surface area contributed by atoms with Crippen LogP contribution in [0.1, 0.15) is 80.6 Å². The van der Waals surface area contributed by atoms with E-state index < -0.39 is 17.5 Å². The smallest absolute Gasteiger partial charge is 0.333 e. The van der Waals surface area contributed by atoms with E-state index in [1.807, 2.05) is 27.7 Å². The number of ether oxygens (including phenoxy) is 4. The second-order valence-corrected chi connectivity index (χ2v) is 8.21. The molecule has 0 amide bonds. The number of rotatable bonds is 16. The van der Waals surface area contributed by atoms with Crippen LogP contribution in [0.5, 0.6) is 0 Å². The largest absolute Gasteiger partial charge is 0.462 e. The average Bonchev–Trinajstić information content (AvgIpc) is 2.68. The van der Waals surface area contributed by atoms with Crippen LogP contribution in [-0.4, -0.2) is 54.8 Å². The molecule has 0 heterocycles. The molecule has 0 saturated heterocycles. The Morgan fingerprint density at radius 2 is 1.53 bits per heavy atom. The van der Waals surface area contributed by atoms with Crippen LogP contribution in [0.15, 0.2) is 12.2 Å². The summed E-state index contributed by atoms with van der Waals surface area (Å²) in [7, 11) is 0. The minimum atomic E-state index is -0.955. The van der Waals surface area contributed by atoms with Crippen molar-refractivity contribution in [3.8, 4) is 0 Å². The van der Waals surface area contributed by atoms with Crippen molar-refractivity contribution in [3.05, 3.63) is 12.2 Å². The zero-order chi connectivity index (χ0) is 23.4. The lowest BCUT2D eigenvalue weighted by atomic mass is 9.93. The monoisotopic (exact) mass is 428 g/mol. The molecule has 174 valence electrons. The van der Waals surface area contributed by atoms with Gasteiger partial charge in [-0.2, -0.15) is 0 Å². The molecular weight excluding hydrogens is 388 g/mol. The summed E-state index contributed by atoms with van der Waals surface area (Å²) in [4.78, 5) is 35.7. The van der Waals surface area contributed by atoms with Gasteiger partial charge in [-0.25, -0.2) is 4.79 Å². The molecular formula is C23H40O7. The van der Waals surface area contributed by atoms with Crippen molar-refractivity contribution >= 4 is 17.7 Å². The molecule has 0 radical (unpaired) electrons. The van der Waals surface area contributed by atoms with Gasteiger partial charge in [0, 0.05) is 12.0 Å². The number of carbonyl (C=O) groups is 3. The molecule has 0 spiro atoms. The van der Waals surface area contributed by atoms with Gasteiger partial charge in [0.15, 0.2) is 5.78 Å². The molecule has 0 aromatic rings. The Balaban J connectivity index is 4.42. The van der Waals surface area contributed by atoms with Crippen LogP contribution in [0, 0.1) is 0 Å². The van der Waals surface area contributed by atoms with E-state index >= 15 is 0 Å². The van der Waals surface area contributed by atoms with E-state index in [-0.39, 0.29) is 49.1 Å². The zero-order valence-electron chi connectivity index (χ0n) is 19.8. The van der Waals surface area contributed by atoms with E-state index in [0.717, 1.165) is 6.42 Å². The summed E-state index contributed by atoms with van der Waals surface area (Å²) < 4.78 is 21.8. The molecule has 0 bridgehead atoms. The molecule has 0 fully saturated rings. The second-order valence-electron chi connectivity index (χ2n) is 8.21. The first-order chi connectivity index (χ1) is 13.9. The molecule has 0 aliphatic heterocycles. The van der Waals surface area contributed by atoms with Crippen molar-refractivity contribution in [2.24, 2.45) is 0 Å². The fourth-order valence-corrected chi connectivity index (χ4v) is 2.73. The van der Waals surface area contributed by atoms with Gasteiger partial charge < -0.3 is 18.9 Å². The fraction of sp³-hybridized carbons (Fsp3) is 0.783. The Morgan fingerprint density at radius 3 is 2.03 bits per heavy atom. The van der Waals surface area contributed by atoms with Gasteiger partial charge in [0.25, 0.3) is 0 Å². The number of carbonyl (C=O) groups excluding carboxylic acids is 3. The van der Waals surface area contributed by atoms with Gasteiger partial charge in [-0.3, -0.25) is 9.59 Å². The predicted octanol–water partition coefficient (Wildman–Crippen LogP) is 4.17. The maximum Gasteiger partial charge on any atom is 0.333 e. The molecule has 0 saturated carbocycles. The Labute approximate surface area is 181 Å². The number of esters is 2. The van der Waals surface area contributed by atoms with Crippen LogP contribution < -0.4 is 0 Å². The van der Waals surface area contributed by atoms with Gasteiger partial charge >= 0.3 is 11.9 Å². The highest BCUT2D eigenvalue weighted by Gasteiger charge is 2.33. The van der Waals surface area contributed by atoms with E-state index in [0.29, 0.717) is 19.4 Å². The topological polar surface area (TPSA) is 88.1 Å². The third kappa shape index (κ3) is 10.9. The molecule has 0 aliphatic rings. The lowest BCUT2D eigenvalue weighted by Gasteiger charge is -2.33. The summed E-state index contributed by atoms with van der Waals surface area (Å²) in [6, 6.07) is 0. The van der Waals surface area contributed by atoms with E-state index in [4.69, 9.17) is 18.9 Å². The van der Waals surface area contributed by atoms with Crippen LogP contribution in [0.4, 0.5) is 0 Å². The van der Waals surface area contributed by atoms with Crippen LogP contribution in [0.3, 0.4) is 0 Å². The molecule has 0 aliphatic carbocycles. The third-order valence-electron chi connectivity index (χ3n) is 5.07. The summed E-state index contributed by atoms with van der Waals surface area (Å²) in [5.74, 6) is -1.19. The summed E-state index contributed by atoms with van der Waals surface area (Å²) in [5, 5.41) is 0. The van der Waals surface area contributed by atoms with E-state index in [9.17, 15) is 14.4 Å². The molecule has 0 aromatic heterocycles. The normalized spacial score (nSPS) is 15.2. The predicted molar refractivity (Wildman–Crippen MR) is 115 cm³/mol. The van der Waals surface area contributed by atoms with Crippen LogP contribution in [0.25, 0.3) is 0 Å². The minimum Gasteiger partial charge on any atom is -0.462 e. The quantitative estimate of drug-likeness (QED) is 0.207. The average molecular weight is 429 g/mol. The van der Waals surface area contributed by atoms with Crippen molar-refractivity contribution in [1.82, 2.24) is 0 Å². The number of ketones is 1. The Hall–Kier alpha value is -1.73. The summed E-state index contributed by atoms with van der Waals surface area (Å²) in [6.45, 7) is 17.0. The van der Waals surface area contributed by atoms with Gasteiger partial charge in [-0.15, -0.1) is 0 Å². The number of Topliss-reactive ketones (excluding diaryl/α,β-unsaturated/α-hetero) is 1. The fourth-order valence-electron chi connectivity index (χ4n) is 2.73. The molecule has 0 aromatic carbocycles. The first-order valence-electron chi connectivity index (χ1n) is 10.7. The van der Waals surface area contributed by atoms with Gasteiger partial charge in [0.1, 0.15) is 18.8 Å². The van der Waals surface area contributed by atoms with E-state index in [2.05, 4.69) is 13.5 Å².